The lowest BCUT2D eigenvalue weighted by Crippen LogP contribution is -2.16. The summed E-state index contributed by atoms with van der Waals surface area (Å²) in [5.74, 6) is 1.05. The summed E-state index contributed by atoms with van der Waals surface area (Å²) in [6.45, 7) is 1.88. The van der Waals surface area contributed by atoms with Gasteiger partial charge >= 0.3 is 0 Å². The lowest BCUT2D eigenvalue weighted by molar-refractivity contribution is -0.120. The molecule has 0 radical (unpaired) electrons. The lowest BCUT2D eigenvalue weighted by Gasteiger charge is -2.18. The first-order valence-corrected chi connectivity index (χ1v) is 11.5. The summed E-state index contributed by atoms with van der Waals surface area (Å²) < 4.78 is 14.0. The zero-order chi connectivity index (χ0) is 20.9. The molecule has 0 bridgehead atoms. The molecule has 1 unspecified atom stereocenters. The zero-order valence-corrected chi connectivity index (χ0v) is 18.0. The van der Waals surface area contributed by atoms with Crippen LogP contribution in [0, 0.1) is 24.6 Å². The summed E-state index contributed by atoms with van der Waals surface area (Å²) in [5, 5.41) is 0. The van der Waals surface area contributed by atoms with E-state index in [0.29, 0.717) is 36.7 Å². The molecule has 164 valence electrons. The molecular formula is C27H38FNO. The molecule has 30 heavy (non-hydrogen) atoms. The Kier molecular flexibility index (Phi) is 6.76. The molecular weight excluding hydrogens is 373 g/mol. The van der Waals surface area contributed by atoms with E-state index in [0.717, 1.165) is 50.5 Å². The minimum Gasteiger partial charge on any atom is -0.300 e. The fourth-order valence-corrected chi connectivity index (χ4v) is 5.14. The molecule has 4 rings (SSSR count). The molecule has 0 saturated heterocycles. The molecule has 0 N–H and O–H groups in total. The van der Waals surface area contributed by atoms with Gasteiger partial charge in [0.1, 0.15) is 11.6 Å². The van der Waals surface area contributed by atoms with Crippen molar-refractivity contribution in [1.29, 1.82) is 0 Å². The molecule has 1 heterocycles. The van der Waals surface area contributed by atoms with Crippen molar-refractivity contribution in [1.82, 2.24) is 0 Å². The van der Waals surface area contributed by atoms with Gasteiger partial charge in [-0.05, 0) is 74.1 Å². The number of carbonyl (C=O) groups excluding carboxylic acids is 1. The number of aryl methyl sites for hydroxylation is 2. The first-order chi connectivity index (χ1) is 14.6. The topological polar surface area (TPSA) is 29.4 Å². The number of Topliss-reactive ketones (excluding diaryl/α,β-unsaturated/α-hetero) is 1. The van der Waals surface area contributed by atoms with Crippen LogP contribution in [0.25, 0.3) is 0 Å². The Hall–Kier alpha value is -2.29. The lowest BCUT2D eigenvalue weighted by atomic mass is 9.87. The van der Waals surface area contributed by atoms with Crippen molar-refractivity contribution in [3.63, 3.8) is 0 Å². The van der Waals surface area contributed by atoms with E-state index in [1.165, 1.54) is 16.9 Å². The number of benzene rings is 1. The molecule has 1 fully saturated rings. The second kappa shape index (κ2) is 9.68. The van der Waals surface area contributed by atoms with Crippen molar-refractivity contribution in [2.45, 2.75) is 71.1 Å². The van der Waals surface area contributed by atoms with Gasteiger partial charge in [0.25, 0.3) is 0 Å². The van der Waals surface area contributed by atoms with Gasteiger partial charge in [-0.25, -0.2) is 4.39 Å². The number of hydrogen-bond acceptors (Lipinski definition) is 2. The van der Waals surface area contributed by atoms with E-state index < -0.39 is 0 Å². The van der Waals surface area contributed by atoms with Crippen molar-refractivity contribution < 1.29 is 13.5 Å². The number of hydrogen-bond donors (Lipinski definition) is 0. The summed E-state index contributed by atoms with van der Waals surface area (Å²) in [4.78, 5) is 17.4. The number of rotatable bonds is 6. The maximum Gasteiger partial charge on any atom is 0.133 e. The molecule has 1 aromatic carbocycles. The zero-order valence-electron chi connectivity index (χ0n) is 18.0. The Morgan fingerprint density at radius 3 is 2.90 bits per heavy atom. The molecule has 2 atom stereocenters. The third-order valence-electron chi connectivity index (χ3n) is 6.86. The smallest absolute Gasteiger partial charge is 0.133 e. The van der Waals surface area contributed by atoms with Gasteiger partial charge in [-0.15, -0.1) is 0 Å². The number of halogens is 1. The van der Waals surface area contributed by atoms with Gasteiger partial charge in [-0.1, -0.05) is 48.8 Å². The Morgan fingerprint density at radius 2 is 2.03 bits per heavy atom. The molecule has 3 aliphatic rings. The average Bonchev–Trinajstić information content (AvgIpc) is 2.93. The molecule has 2 aliphatic carbocycles. The molecule has 0 aromatic heterocycles. The van der Waals surface area contributed by atoms with Gasteiger partial charge in [-0.2, -0.15) is 0 Å². The first-order valence-electron chi connectivity index (χ1n) is 11.5. The fraction of sp³-hybridized carbons (Fsp3) is 0.481. The van der Waals surface area contributed by atoms with E-state index in [4.69, 9.17) is 4.99 Å². The third-order valence-corrected chi connectivity index (χ3v) is 6.86. The quantitative estimate of drug-likeness (QED) is 0.444. The van der Waals surface area contributed by atoms with Gasteiger partial charge in [0.15, 0.2) is 0 Å². The van der Waals surface area contributed by atoms with E-state index in [1.807, 2.05) is 25.3 Å². The maximum atomic E-state index is 14.0. The van der Waals surface area contributed by atoms with Crippen LogP contribution in [-0.2, 0) is 11.2 Å². The van der Waals surface area contributed by atoms with Crippen molar-refractivity contribution in [3.05, 3.63) is 70.7 Å². The van der Waals surface area contributed by atoms with Crippen molar-refractivity contribution >= 4 is 11.5 Å². The highest BCUT2D eigenvalue weighted by Crippen LogP contribution is 2.35. The normalized spacial score (nSPS) is 23.7. The predicted octanol–water partition coefficient (Wildman–Crippen LogP) is 7.58. The SMILES string of the molecule is Cc1ccc(CCC(=O)C[C@@H]2CCCC(C3=NC=CCC4=C3C=CC4)CC2)c(F)c1.[HH].[HH].[HH]. The summed E-state index contributed by atoms with van der Waals surface area (Å²) in [6, 6.07) is 5.29. The Balaban J connectivity index is 0.00000181. The molecule has 3 heteroatoms. The maximum absolute atomic E-state index is 14.0. The molecule has 1 aliphatic heterocycles. The van der Waals surface area contributed by atoms with E-state index in [-0.39, 0.29) is 15.9 Å². The standard InChI is InChI=1S/C27H32FNO.3H2/c1-19-10-12-22(26(28)17-19)14-15-24(30)18-20-5-2-7-23(13-11-20)27-25-9-3-6-21(25)8-4-16-29-27;;;/h3-4,9-10,12,16-17,20,23H,2,5-8,11,13-15,18H2,1H3;3*1H/t20-,23?;;;/m1.../s1. The second-order valence-corrected chi connectivity index (χ2v) is 9.14. The van der Waals surface area contributed by atoms with Crippen molar-refractivity contribution in [2.75, 3.05) is 0 Å². The monoisotopic (exact) mass is 411 g/mol. The number of aliphatic imine (C=N–C) groups is 1. The molecule has 1 saturated carbocycles. The van der Waals surface area contributed by atoms with E-state index >= 15 is 0 Å². The number of ketones is 1. The molecule has 1 aromatic rings. The van der Waals surface area contributed by atoms with E-state index in [1.54, 1.807) is 6.07 Å². The van der Waals surface area contributed by atoms with Crippen LogP contribution in [-0.4, -0.2) is 11.5 Å². The average molecular weight is 412 g/mol. The molecule has 2 nitrogen and oxygen atoms in total. The Bertz CT molecular complexity index is 935. The minimum atomic E-state index is -0.187. The van der Waals surface area contributed by atoms with Crippen LogP contribution in [0.15, 0.2) is 58.8 Å². The van der Waals surface area contributed by atoms with Crippen LogP contribution >= 0.6 is 0 Å². The van der Waals surface area contributed by atoms with E-state index in [9.17, 15) is 9.18 Å². The third kappa shape index (κ3) is 5.06. The van der Waals surface area contributed by atoms with Crippen LogP contribution in [0.2, 0.25) is 0 Å². The van der Waals surface area contributed by atoms with Gasteiger partial charge in [-0.3, -0.25) is 9.79 Å². The highest BCUT2D eigenvalue weighted by atomic mass is 19.1. The van der Waals surface area contributed by atoms with Crippen molar-refractivity contribution in [2.24, 2.45) is 16.8 Å². The summed E-state index contributed by atoms with van der Waals surface area (Å²) in [6.07, 6.45) is 18.0. The number of nitrogens with zero attached hydrogens (tertiary/aromatic N) is 1. The van der Waals surface area contributed by atoms with Crippen molar-refractivity contribution in [3.8, 4) is 0 Å². The predicted molar refractivity (Wildman–Crippen MR) is 127 cm³/mol. The molecule has 0 amide bonds. The Morgan fingerprint density at radius 1 is 1.17 bits per heavy atom. The minimum absolute atomic E-state index is 0. The fourth-order valence-electron chi connectivity index (χ4n) is 5.14. The summed E-state index contributed by atoms with van der Waals surface area (Å²) >= 11 is 0. The number of allylic oxidation sites excluding steroid dienone is 5. The van der Waals surface area contributed by atoms with E-state index in [2.05, 4.69) is 18.2 Å². The number of carbonyl (C=O) groups is 1. The first kappa shape index (κ1) is 21.0. The van der Waals surface area contributed by atoms with Crippen LogP contribution < -0.4 is 0 Å². The van der Waals surface area contributed by atoms with Crippen LogP contribution in [0.1, 0.15) is 73.2 Å². The Labute approximate surface area is 184 Å². The largest absolute Gasteiger partial charge is 0.300 e. The van der Waals surface area contributed by atoms with Crippen LogP contribution in [0.3, 0.4) is 0 Å². The van der Waals surface area contributed by atoms with Gasteiger partial charge in [0.05, 0.1) is 5.71 Å². The summed E-state index contributed by atoms with van der Waals surface area (Å²) in [7, 11) is 0. The summed E-state index contributed by atoms with van der Waals surface area (Å²) in [5.41, 5.74) is 5.72. The van der Waals surface area contributed by atoms with Gasteiger partial charge in [0, 0.05) is 29.2 Å². The van der Waals surface area contributed by atoms with Gasteiger partial charge in [0.2, 0.25) is 0 Å². The highest BCUT2D eigenvalue weighted by Gasteiger charge is 2.27. The molecule has 0 spiro atoms. The van der Waals surface area contributed by atoms with Crippen LogP contribution in [0.4, 0.5) is 4.39 Å². The van der Waals surface area contributed by atoms with Crippen LogP contribution in [0.5, 0.6) is 0 Å². The van der Waals surface area contributed by atoms with Gasteiger partial charge < -0.3 is 0 Å². The highest BCUT2D eigenvalue weighted by molar-refractivity contribution is 6.06. The second-order valence-electron chi connectivity index (χ2n) is 9.14.